The molecule has 0 saturated carbocycles. The van der Waals surface area contributed by atoms with Gasteiger partial charge in [0.15, 0.2) is 5.76 Å². The molecule has 1 N–H and O–H groups in total. The van der Waals surface area contributed by atoms with Crippen LogP contribution in [0.1, 0.15) is 40.9 Å². The number of aliphatic carboxylic acids is 1. The number of rotatable bonds is 5. The van der Waals surface area contributed by atoms with Crippen molar-refractivity contribution in [3.63, 3.8) is 0 Å². The number of amides is 1. The first-order valence-corrected chi connectivity index (χ1v) is 8.57. The molecule has 1 aliphatic heterocycles. The minimum Gasteiger partial charge on any atom is -0.481 e. The van der Waals surface area contributed by atoms with E-state index in [1.807, 2.05) is 26.0 Å². The van der Waals surface area contributed by atoms with E-state index in [4.69, 9.17) is 14.3 Å². The van der Waals surface area contributed by atoms with Crippen LogP contribution in [0.15, 0.2) is 22.6 Å². The number of fused-ring (bicyclic) bond motifs is 1. The molecule has 1 aromatic carbocycles. The number of carbonyl (C=O) groups excluding carboxylic acids is 1. The van der Waals surface area contributed by atoms with E-state index in [1.54, 1.807) is 11.0 Å². The maximum atomic E-state index is 13.0. The summed E-state index contributed by atoms with van der Waals surface area (Å²) < 4.78 is 11.1. The second kappa shape index (κ2) is 7.27. The highest BCUT2D eigenvalue weighted by Crippen LogP contribution is 2.25. The van der Waals surface area contributed by atoms with E-state index in [0.29, 0.717) is 31.6 Å². The molecule has 2 aromatic rings. The molecule has 1 saturated heterocycles. The van der Waals surface area contributed by atoms with Gasteiger partial charge in [-0.15, -0.1) is 0 Å². The van der Waals surface area contributed by atoms with Gasteiger partial charge in [0.05, 0.1) is 6.42 Å². The Morgan fingerprint density at radius 1 is 1.16 bits per heavy atom. The van der Waals surface area contributed by atoms with E-state index in [1.165, 1.54) is 0 Å². The van der Waals surface area contributed by atoms with Crippen molar-refractivity contribution < 1.29 is 23.8 Å². The number of hydrogen-bond acceptors (Lipinski definition) is 4. The second-order valence-electron chi connectivity index (χ2n) is 6.57. The molecule has 0 radical (unpaired) electrons. The number of hydrogen-bond donors (Lipinski definition) is 1. The molecule has 6 heteroatoms. The van der Waals surface area contributed by atoms with E-state index in [-0.39, 0.29) is 30.7 Å². The van der Waals surface area contributed by atoms with E-state index in [2.05, 4.69) is 0 Å². The van der Waals surface area contributed by atoms with Gasteiger partial charge in [0, 0.05) is 31.2 Å². The summed E-state index contributed by atoms with van der Waals surface area (Å²) in [6.45, 7) is 5.36. The summed E-state index contributed by atoms with van der Waals surface area (Å²) in [5.74, 6) is -0.905. The highest BCUT2D eigenvalue weighted by atomic mass is 16.5. The van der Waals surface area contributed by atoms with Crippen LogP contribution in [-0.4, -0.2) is 47.7 Å². The summed E-state index contributed by atoms with van der Waals surface area (Å²) >= 11 is 0. The van der Waals surface area contributed by atoms with Crippen molar-refractivity contribution in [1.29, 1.82) is 0 Å². The van der Waals surface area contributed by atoms with Crippen LogP contribution in [0.2, 0.25) is 0 Å². The number of carboxylic acid groups (broad SMARTS) is 1. The normalized spacial score (nSPS) is 15.4. The molecule has 1 fully saturated rings. The molecular formula is C19H23NO5. The fraction of sp³-hybridized carbons (Fsp3) is 0.474. The third-order valence-corrected chi connectivity index (χ3v) is 4.80. The van der Waals surface area contributed by atoms with Crippen molar-refractivity contribution in [2.24, 2.45) is 0 Å². The van der Waals surface area contributed by atoms with E-state index >= 15 is 0 Å². The maximum Gasteiger partial charge on any atom is 0.305 e. The number of nitrogens with zero attached hydrogens (tertiary/aromatic N) is 1. The van der Waals surface area contributed by atoms with E-state index in [0.717, 1.165) is 16.5 Å². The van der Waals surface area contributed by atoms with Gasteiger partial charge in [-0.3, -0.25) is 9.59 Å². The average Bonchev–Trinajstić information content (AvgIpc) is 2.99. The van der Waals surface area contributed by atoms with Gasteiger partial charge in [0.1, 0.15) is 5.58 Å². The molecule has 0 spiro atoms. The fourth-order valence-corrected chi connectivity index (χ4v) is 3.21. The largest absolute Gasteiger partial charge is 0.481 e. The summed E-state index contributed by atoms with van der Waals surface area (Å²) in [6.07, 6.45) is 1.34. The van der Waals surface area contributed by atoms with Gasteiger partial charge in [-0.2, -0.15) is 0 Å². The minimum atomic E-state index is -0.916. The molecule has 0 aliphatic carbocycles. The van der Waals surface area contributed by atoms with Crippen molar-refractivity contribution in [2.45, 2.75) is 39.2 Å². The third-order valence-electron chi connectivity index (χ3n) is 4.80. The molecule has 2 heterocycles. The number of benzene rings is 1. The molecule has 0 unspecified atom stereocenters. The molecule has 1 aliphatic rings. The molecule has 0 atom stereocenters. The lowest BCUT2D eigenvalue weighted by Gasteiger charge is -2.33. The average molecular weight is 345 g/mol. The number of aryl methyl sites for hydroxylation is 2. The topological polar surface area (TPSA) is 80.0 Å². The van der Waals surface area contributed by atoms with Crippen molar-refractivity contribution in [3.8, 4) is 0 Å². The Hall–Kier alpha value is -2.34. The van der Waals surface area contributed by atoms with Crippen LogP contribution in [0.5, 0.6) is 0 Å². The Kier molecular flexibility index (Phi) is 5.08. The monoisotopic (exact) mass is 345 g/mol. The Morgan fingerprint density at radius 2 is 1.84 bits per heavy atom. The molecule has 6 nitrogen and oxygen atoms in total. The van der Waals surface area contributed by atoms with Crippen LogP contribution in [0.25, 0.3) is 11.0 Å². The Labute approximate surface area is 146 Å². The summed E-state index contributed by atoms with van der Waals surface area (Å²) in [4.78, 5) is 25.6. The zero-order valence-electron chi connectivity index (χ0n) is 14.6. The summed E-state index contributed by atoms with van der Waals surface area (Å²) in [6, 6.07) is 5.66. The number of furan rings is 1. The van der Waals surface area contributed by atoms with Crippen molar-refractivity contribution in [3.05, 3.63) is 35.1 Å². The third kappa shape index (κ3) is 3.85. The molecule has 25 heavy (non-hydrogen) atoms. The van der Waals surface area contributed by atoms with Crippen LogP contribution in [-0.2, 0) is 9.53 Å². The maximum absolute atomic E-state index is 13.0. The van der Waals surface area contributed by atoms with E-state index in [9.17, 15) is 9.59 Å². The summed E-state index contributed by atoms with van der Waals surface area (Å²) in [5.41, 5.74) is 2.92. The van der Waals surface area contributed by atoms with Gasteiger partial charge in [-0.25, -0.2) is 0 Å². The standard InChI is InChI=1S/C19H23NO5/c1-12-9-14-11-17(25-16(14)10-13(12)2)19(23)20(6-3-18(21)22)15-4-7-24-8-5-15/h9-11,15H,3-8H2,1-2H3,(H,21,22). The first kappa shape index (κ1) is 17.5. The zero-order chi connectivity index (χ0) is 18.0. The highest BCUT2D eigenvalue weighted by Gasteiger charge is 2.29. The molecule has 1 aromatic heterocycles. The van der Waals surface area contributed by atoms with Gasteiger partial charge in [-0.05, 0) is 56.0 Å². The predicted octanol–water partition coefficient (Wildman–Crippen LogP) is 3.15. The van der Waals surface area contributed by atoms with Crippen LogP contribution in [0.3, 0.4) is 0 Å². The Bertz CT molecular complexity index is 749. The molecular weight excluding hydrogens is 322 g/mol. The smallest absolute Gasteiger partial charge is 0.305 e. The van der Waals surface area contributed by atoms with Crippen LogP contribution in [0, 0.1) is 13.8 Å². The van der Waals surface area contributed by atoms with Crippen LogP contribution in [0.4, 0.5) is 0 Å². The first-order valence-electron chi connectivity index (χ1n) is 8.57. The van der Waals surface area contributed by atoms with Gasteiger partial charge in [-0.1, -0.05) is 0 Å². The molecule has 134 valence electrons. The summed E-state index contributed by atoms with van der Waals surface area (Å²) in [7, 11) is 0. The lowest BCUT2D eigenvalue weighted by atomic mass is 10.1. The molecule has 3 rings (SSSR count). The van der Waals surface area contributed by atoms with Crippen molar-refractivity contribution in [1.82, 2.24) is 4.90 Å². The van der Waals surface area contributed by atoms with Crippen molar-refractivity contribution in [2.75, 3.05) is 19.8 Å². The second-order valence-corrected chi connectivity index (χ2v) is 6.57. The quantitative estimate of drug-likeness (QED) is 0.900. The van der Waals surface area contributed by atoms with Gasteiger partial charge in [0.2, 0.25) is 0 Å². The molecule has 0 bridgehead atoms. The van der Waals surface area contributed by atoms with Gasteiger partial charge in [0.25, 0.3) is 5.91 Å². The zero-order valence-corrected chi connectivity index (χ0v) is 14.6. The highest BCUT2D eigenvalue weighted by molar-refractivity contribution is 5.96. The van der Waals surface area contributed by atoms with Crippen molar-refractivity contribution >= 4 is 22.8 Å². The number of carboxylic acids is 1. The lowest BCUT2D eigenvalue weighted by molar-refractivity contribution is -0.137. The number of ether oxygens (including phenoxy) is 1. The Balaban J connectivity index is 1.88. The predicted molar refractivity (Wildman–Crippen MR) is 92.8 cm³/mol. The van der Waals surface area contributed by atoms with Crippen LogP contribution < -0.4 is 0 Å². The van der Waals surface area contributed by atoms with Gasteiger partial charge < -0.3 is 19.2 Å². The molecule has 1 amide bonds. The van der Waals surface area contributed by atoms with Gasteiger partial charge >= 0.3 is 5.97 Å². The Morgan fingerprint density at radius 3 is 2.52 bits per heavy atom. The van der Waals surface area contributed by atoms with Crippen LogP contribution >= 0.6 is 0 Å². The first-order chi connectivity index (χ1) is 12.0. The SMILES string of the molecule is Cc1cc2cc(C(=O)N(CCC(=O)O)C3CCOCC3)oc2cc1C. The minimum absolute atomic E-state index is 0.0164. The fourth-order valence-electron chi connectivity index (χ4n) is 3.21. The number of carbonyl (C=O) groups is 2. The lowest BCUT2D eigenvalue weighted by Crippen LogP contribution is -2.44. The van der Waals surface area contributed by atoms with E-state index < -0.39 is 5.97 Å². The summed E-state index contributed by atoms with van der Waals surface area (Å²) in [5, 5.41) is 9.89.